The molecule has 2 aromatic carbocycles. The van der Waals surface area contributed by atoms with Crippen LogP contribution >= 0.6 is 0 Å². The second kappa shape index (κ2) is 7.15. The van der Waals surface area contributed by atoms with Crippen LogP contribution in [0.3, 0.4) is 0 Å². The Balaban J connectivity index is 1.88. The number of amides is 1. The van der Waals surface area contributed by atoms with E-state index in [0.29, 0.717) is 28.5 Å². The molecule has 0 atom stereocenters. The number of hydrogen-bond acceptors (Lipinski definition) is 5. The van der Waals surface area contributed by atoms with Gasteiger partial charge in [-0.3, -0.25) is 4.98 Å². The van der Waals surface area contributed by atoms with Gasteiger partial charge in [0, 0.05) is 23.2 Å². The number of nitrogen functional groups attached to an aromatic ring is 1. The summed E-state index contributed by atoms with van der Waals surface area (Å²) in [7, 11) is 0. The molecule has 0 spiro atoms. The van der Waals surface area contributed by atoms with Crippen molar-refractivity contribution in [3.05, 3.63) is 54.2 Å². The van der Waals surface area contributed by atoms with Crippen molar-refractivity contribution in [1.29, 1.82) is 0 Å². The van der Waals surface area contributed by atoms with E-state index in [0.717, 1.165) is 10.9 Å². The van der Waals surface area contributed by atoms with E-state index in [1.807, 2.05) is 45.9 Å². The Morgan fingerprint density at radius 1 is 1.11 bits per heavy atom. The van der Waals surface area contributed by atoms with Gasteiger partial charge in [-0.2, -0.15) is 0 Å². The minimum atomic E-state index is -0.514. The lowest BCUT2D eigenvalue weighted by atomic mass is 10.1. The number of hydrogen-bond donors (Lipinski definition) is 2. The van der Waals surface area contributed by atoms with Gasteiger partial charge in [0.2, 0.25) is 0 Å². The Morgan fingerprint density at radius 2 is 1.89 bits per heavy atom. The van der Waals surface area contributed by atoms with Gasteiger partial charge in [-0.15, -0.1) is 0 Å². The summed E-state index contributed by atoms with van der Waals surface area (Å²) in [5.74, 6) is 1.62. The molecule has 0 unspecified atom stereocenters. The zero-order chi connectivity index (χ0) is 19.6. The van der Waals surface area contributed by atoms with E-state index >= 15 is 0 Å². The van der Waals surface area contributed by atoms with Gasteiger partial charge in [-0.05, 0) is 57.5 Å². The minimum Gasteiger partial charge on any atom is -0.456 e. The predicted octanol–water partition coefficient (Wildman–Crippen LogP) is 4.80. The summed E-state index contributed by atoms with van der Waals surface area (Å²) in [4.78, 5) is 16.3. The first-order chi connectivity index (χ1) is 12.7. The molecule has 1 aromatic heterocycles. The molecule has 0 fully saturated rings. The van der Waals surface area contributed by atoms with Crippen LogP contribution in [0.5, 0.6) is 17.2 Å². The molecule has 0 saturated heterocycles. The van der Waals surface area contributed by atoms with Crippen molar-refractivity contribution in [2.45, 2.75) is 33.2 Å². The standard InChI is InChI=1S/C21H23N3O3/c1-13-8-9-14(26-20(25)24-21(2,3)4)12-18(13)27-17-10-11-23-19-15(17)6-5-7-16(19)22/h5-12H,22H2,1-4H3,(H,24,25). The first-order valence-corrected chi connectivity index (χ1v) is 8.65. The van der Waals surface area contributed by atoms with Gasteiger partial charge in [0.1, 0.15) is 17.2 Å². The Bertz CT molecular complexity index is 994. The van der Waals surface area contributed by atoms with Crippen LogP contribution in [0.2, 0.25) is 0 Å². The number of aryl methyl sites for hydroxylation is 1. The summed E-state index contributed by atoms with van der Waals surface area (Å²) in [6.45, 7) is 7.58. The number of benzene rings is 2. The Kier molecular flexibility index (Phi) is 4.90. The highest BCUT2D eigenvalue weighted by molar-refractivity contribution is 5.93. The maximum Gasteiger partial charge on any atom is 0.413 e. The summed E-state index contributed by atoms with van der Waals surface area (Å²) in [5, 5.41) is 3.57. The largest absolute Gasteiger partial charge is 0.456 e. The lowest BCUT2D eigenvalue weighted by Gasteiger charge is -2.20. The lowest BCUT2D eigenvalue weighted by Crippen LogP contribution is -2.42. The second-order valence-electron chi connectivity index (χ2n) is 7.35. The fraction of sp³-hybridized carbons (Fsp3) is 0.238. The number of nitrogens with two attached hydrogens (primary N) is 1. The topological polar surface area (TPSA) is 86.5 Å². The number of nitrogens with one attached hydrogen (secondary N) is 1. The fourth-order valence-corrected chi connectivity index (χ4v) is 2.57. The number of fused-ring (bicyclic) bond motifs is 1. The van der Waals surface area contributed by atoms with E-state index < -0.39 is 6.09 Å². The number of carbonyl (C=O) groups is 1. The maximum atomic E-state index is 12.0. The van der Waals surface area contributed by atoms with Crippen molar-refractivity contribution < 1.29 is 14.3 Å². The molecule has 0 aliphatic rings. The Labute approximate surface area is 158 Å². The normalized spacial score (nSPS) is 11.3. The van der Waals surface area contributed by atoms with Gasteiger partial charge in [0.15, 0.2) is 0 Å². The average molecular weight is 365 g/mol. The third-order valence-electron chi connectivity index (χ3n) is 3.83. The van der Waals surface area contributed by atoms with Crippen molar-refractivity contribution in [2.24, 2.45) is 0 Å². The fourth-order valence-electron chi connectivity index (χ4n) is 2.57. The highest BCUT2D eigenvalue weighted by Gasteiger charge is 2.16. The van der Waals surface area contributed by atoms with Crippen LogP contribution in [-0.2, 0) is 0 Å². The number of nitrogens with zero attached hydrogens (tertiary/aromatic N) is 1. The monoisotopic (exact) mass is 365 g/mol. The number of pyridine rings is 1. The van der Waals surface area contributed by atoms with Gasteiger partial charge in [-0.25, -0.2) is 4.79 Å². The Hall–Kier alpha value is -3.28. The van der Waals surface area contributed by atoms with Gasteiger partial charge < -0.3 is 20.5 Å². The zero-order valence-electron chi connectivity index (χ0n) is 15.9. The molecule has 1 amide bonds. The smallest absolute Gasteiger partial charge is 0.413 e. The van der Waals surface area contributed by atoms with Crippen molar-refractivity contribution >= 4 is 22.7 Å². The highest BCUT2D eigenvalue weighted by atomic mass is 16.6. The second-order valence-corrected chi connectivity index (χ2v) is 7.35. The quantitative estimate of drug-likeness (QED) is 0.651. The summed E-state index contributed by atoms with van der Waals surface area (Å²) in [6.07, 6.45) is 1.14. The molecule has 0 radical (unpaired) electrons. The van der Waals surface area contributed by atoms with Gasteiger partial charge in [-0.1, -0.05) is 12.1 Å². The third-order valence-corrected chi connectivity index (χ3v) is 3.83. The van der Waals surface area contributed by atoms with Gasteiger partial charge in [0.25, 0.3) is 0 Å². The molecule has 3 N–H and O–H groups in total. The summed E-state index contributed by atoms with van der Waals surface area (Å²) < 4.78 is 11.5. The van der Waals surface area contributed by atoms with Crippen molar-refractivity contribution in [3.8, 4) is 17.2 Å². The van der Waals surface area contributed by atoms with Crippen LogP contribution in [0.4, 0.5) is 10.5 Å². The Morgan fingerprint density at radius 3 is 2.63 bits per heavy atom. The van der Waals surface area contributed by atoms with Crippen LogP contribution < -0.4 is 20.5 Å². The molecule has 27 heavy (non-hydrogen) atoms. The molecular weight excluding hydrogens is 342 g/mol. The average Bonchev–Trinajstić information content (AvgIpc) is 2.57. The highest BCUT2D eigenvalue weighted by Crippen LogP contribution is 2.34. The number of anilines is 1. The van der Waals surface area contributed by atoms with E-state index in [-0.39, 0.29) is 5.54 Å². The van der Waals surface area contributed by atoms with E-state index in [1.54, 1.807) is 30.5 Å². The van der Waals surface area contributed by atoms with E-state index in [2.05, 4.69) is 10.3 Å². The van der Waals surface area contributed by atoms with E-state index in [4.69, 9.17) is 15.2 Å². The zero-order valence-corrected chi connectivity index (χ0v) is 15.9. The number of ether oxygens (including phenoxy) is 2. The molecular formula is C21H23N3O3. The molecule has 3 aromatic rings. The van der Waals surface area contributed by atoms with Gasteiger partial charge >= 0.3 is 6.09 Å². The predicted molar refractivity (Wildman–Crippen MR) is 106 cm³/mol. The molecule has 140 valence electrons. The van der Waals surface area contributed by atoms with Crippen LogP contribution in [-0.4, -0.2) is 16.6 Å². The maximum absolute atomic E-state index is 12.0. The molecule has 0 saturated carbocycles. The van der Waals surface area contributed by atoms with E-state index in [1.165, 1.54) is 0 Å². The summed E-state index contributed by atoms with van der Waals surface area (Å²) >= 11 is 0. The summed E-state index contributed by atoms with van der Waals surface area (Å²) in [6, 6.07) is 12.6. The van der Waals surface area contributed by atoms with Crippen LogP contribution in [0, 0.1) is 6.92 Å². The van der Waals surface area contributed by atoms with Crippen LogP contribution in [0.25, 0.3) is 10.9 Å². The molecule has 1 heterocycles. The van der Waals surface area contributed by atoms with Crippen molar-refractivity contribution in [2.75, 3.05) is 5.73 Å². The van der Waals surface area contributed by atoms with Crippen molar-refractivity contribution in [3.63, 3.8) is 0 Å². The third kappa shape index (κ3) is 4.47. The first-order valence-electron chi connectivity index (χ1n) is 8.65. The molecule has 0 aliphatic heterocycles. The number of carbonyl (C=O) groups excluding carboxylic acids is 1. The molecule has 0 bridgehead atoms. The summed E-state index contributed by atoms with van der Waals surface area (Å²) in [5.41, 5.74) is 7.80. The number of para-hydroxylation sites is 1. The lowest BCUT2D eigenvalue weighted by molar-refractivity contribution is 0.190. The van der Waals surface area contributed by atoms with Crippen LogP contribution in [0.15, 0.2) is 48.7 Å². The van der Waals surface area contributed by atoms with Crippen LogP contribution in [0.1, 0.15) is 26.3 Å². The first kappa shape index (κ1) is 18.5. The van der Waals surface area contributed by atoms with E-state index in [9.17, 15) is 4.79 Å². The number of rotatable bonds is 3. The SMILES string of the molecule is Cc1ccc(OC(=O)NC(C)(C)C)cc1Oc1ccnc2c(N)cccc12. The molecule has 6 nitrogen and oxygen atoms in total. The van der Waals surface area contributed by atoms with Gasteiger partial charge in [0.05, 0.1) is 11.2 Å². The molecule has 3 rings (SSSR count). The molecule has 6 heteroatoms. The molecule has 0 aliphatic carbocycles. The minimum absolute atomic E-state index is 0.378. The van der Waals surface area contributed by atoms with Crippen molar-refractivity contribution in [1.82, 2.24) is 10.3 Å². The number of aromatic nitrogens is 1.